The molecular weight excluding hydrogens is 405 g/mol. The summed E-state index contributed by atoms with van der Waals surface area (Å²) in [5.41, 5.74) is 1.99. The molecule has 3 rings (SSSR count). The third-order valence-electron chi connectivity index (χ3n) is 4.16. The van der Waals surface area contributed by atoms with Crippen LogP contribution in [0.15, 0.2) is 36.5 Å². The van der Waals surface area contributed by atoms with Crippen molar-refractivity contribution in [3.8, 4) is 0 Å². The molecule has 2 heterocycles. The van der Waals surface area contributed by atoms with Gasteiger partial charge in [0, 0.05) is 47.2 Å². The van der Waals surface area contributed by atoms with Gasteiger partial charge in [0.15, 0.2) is 0 Å². The number of ether oxygens (including phenoxy) is 1. The van der Waals surface area contributed by atoms with Gasteiger partial charge in [-0.3, -0.25) is 4.79 Å². The maximum absolute atomic E-state index is 12.2. The van der Waals surface area contributed by atoms with Gasteiger partial charge in [-0.15, -0.1) is 11.8 Å². The van der Waals surface area contributed by atoms with E-state index in [1.165, 1.54) is 11.8 Å². The maximum atomic E-state index is 12.2. The number of morpholine rings is 1. The molecular formula is C19H21Cl2N3O2S. The number of carbonyl (C=O) groups excluding carboxylic acids is 1. The number of halogens is 2. The Morgan fingerprint density at radius 2 is 2.04 bits per heavy atom. The Kier molecular flexibility index (Phi) is 7.64. The second kappa shape index (κ2) is 10.2. The van der Waals surface area contributed by atoms with Crippen molar-refractivity contribution >= 4 is 46.7 Å². The lowest BCUT2D eigenvalue weighted by Gasteiger charge is -2.29. The highest BCUT2D eigenvalue weighted by atomic mass is 35.5. The molecule has 0 unspecified atom stereocenters. The number of thioether (sulfide) groups is 1. The van der Waals surface area contributed by atoms with Gasteiger partial charge in [-0.25, -0.2) is 4.98 Å². The molecule has 144 valence electrons. The molecule has 0 saturated carbocycles. The zero-order valence-electron chi connectivity index (χ0n) is 14.8. The number of aromatic nitrogens is 1. The highest BCUT2D eigenvalue weighted by molar-refractivity contribution is 7.99. The quantitative estimate of drug-likeness (QED) is 0.731. The fraction of sp³-hybridized carbons (Fsp3) is 0.368. The van der Waals surface area contributed by atoms with Crippen molar-refractivity contribution in [2.24, 2.45) is 0 Å². The third-order valence-corrected chi connectivity index (χ3v) is 5.73. The van der Waals surface area contributed by atoms with E-state index in [1.54, 1.807) is 18.3 Å². The molecule has 1 N–H and O–H groups in total. The molecule has 1 amide bonds. The molecule has 2 aromatic rings. The van der Waals surface area contributed by atoms with E-state index in [0.29, 0.717) is 41.3 Å². The average Bonchev–Trinajstić information content (AvgIpc) is 2.69. The summed E-state index contributed by atoms with van der Waals surface area (Å²) in [5, 5.41) is 4.21. The van der Waals surface area contributed by atoms with E-state index in [4.69, 9.17) is 27.9 Å². The number of nitrogens with zero attached hydrogens (tertiary/aromatic N) is 2. The van der Waals surface area contributed by atoms with Crippen molar-refractivity contribution in [1.82, 2.24) is 10.3 Å². The van der Waals surface area contributed by atoms with E-state index in [-0.39, 0.29) is 5.91 Å². The topological polar surface area (TPSA) is 54.5 Å². The number of rotatable bonds is 7. The number of amides is 1. The minimum absolute atomic E-state index is 0.0122. The number of carbonyl (C=O) groups is 1. The maximum Gasteiger partial charge on any atom is 0.230 e. The van der Waals surface area contributed by atoms with Crippen molar-refractivity contribution in [3.05, 3.63) is 57.7 Å². The number of nitrogens with one attached hydrogen (secondary N) is 1. The van der Waals surface area contributed by atoms with Crippen molar-refractivity contribution in [2.45, 2.75) is 12.3 Å². The third kappa shape index (κ3) is 6.01. The van der Waals surface area contributed by atoms with E-state index >= 15 is 0 Å². The van der Waals surface area contributed by atoms with Crippen molar-refractivity contribution in [2.75, 3.05) is 37.0 Å². The minimum atomic E-state index is -0.0122. The van der Waals surface area contributed by atoms with Crippen LogP contribution in [0.3, 0.4) is 0 Å². The van der Waals surface area contributed by atoms with Gasteiger partial charge in [0.1, 0.15) is 5.82 Å². The predicted molar refractivity (Wildman–Crippen MR) is 112 cm³/mol. The molecule has 1 fully saturated rings. The SMILES string of the molecule is O=C(CSCc1ccc(Cl)cc1Cl)NCc1cccnc1N1CCOCC1. The lowest BCUT2D eigenvalue weighted by molar-refractivity contribution is -0.118. The lowest BCUT2D eigenvalue weighted by Crippen LogP contribution is -2.38. The molecule has 0 atom stereocenters. The highest BCUT2D eigenvalue weighted by Gasteiger charge is 2.16. The van der Waals surface area contributed by atoms with Crippen LogP contribution in [0.25, 0.3) is 0 Å². The normalized spacial score (nSPS) is 14.2. The van der Waals surface area contributed by atoms with Crippen LogP contribution in [0.4, 0.5) is 5.82 Å². The molecule has 0 radical (unpaired) electrons. The van der Waals surface area contributed by atoms with Crippen LogP contribution in [0.2, 0.25) is 10.0 Å². The summed E-state index contributed by atoms with van der Waals surface area (Å²) in [4.78, 5) is 18.9. The summed E-state index contributed by atoms with van der Waals surface area (Å²) in [5.74, 6) is 1.94. The van der Waals surface area contributed by atoms with E-state index in [2.05, 4.69) is 15.2 Å². The first-order valence-corrected chi connectivity index (χ1v) is 10.6. The molecule has 0 aliphatic carbocycles. The van der Waals surface area contributed by atoms with E-state index in [9.17, 15) is 4.79 Å². The van der Waals surface area contributed by atoms with Crippen LogP contribution in [0.5, 0.6) is 0 Å². The highest BCUT2D eigenvalue weighted by Crippen LogP contribution is 2.24. The first-order valence-electron chi connectivity index (χ1n) is 8.68. The Labute approximate surface area is 173 Å². The van der Waals surface area contributed by atoms with Crippen LogP contribution in [-0.4, -0.2) is 42.9 Å². The van der Waals surface area contributed by atoms with Crippen molar-refractivity contribution in [3.63, 3.8) is 0 Å². The summed E-state index contributed by atoms with van der Waals surface area (Å²) in [6.45, 7) is 3.49. The van der Waals surface area contributed by atoms with Crippen molar-refractivity contribution < 1.29 is 9.53 Å². The fourth-order valence-corrected chi connectivity index (χ4v) is 4.18. The number of benzene rings is 1. The summed E-state index contributed by atoms with van der Waals surface area (Å²) in [6.07, 6.45) is 1.78. The first kappa shape index (κ1) is 20.3. The average molecular weight is 426 g/mol. The number of anilines is 1. The molecule has 5 nitrogen and oxygen atoms in total. The Bertz CT molecular complexity index is 785. The molecule has 0 bridgehead atoms. The van der Waals surface area contributed by atoms with Crippen LogP contribution >= 0.6 is 35.0 Å². The zero-order chi connectivity index (χ0) is 19.1. The fourth-order valence-electron chi connectivity index (χ4n) is 2.77. The van der Waals surface area contributed by atoms with Crippen LogP contribution in [-0.2, 0) is 21.8 Å². The Balaban J connectivity index is 1.48. The summed E-state index contributed by atoms with van der Waals surface area (Å²) < 4.78 is 5.40. The van der Waals surface area contributed by atoms with Gasteiger partial charge in [0.05, 0.1) is 19.0 Å². The van der Waals surface area contributed by atoms with Gasteiger partial charge in [0.25, 0.3) is 0 Å². The van der Waals surface area contributed by atoms with Crippen LogP contribution < -0.4 is 10.2 Å². The second-order valence-electron chi connectivity index (χ2n) is 6.09. The van der Waals surface area contributed by atoms with E-state index in [0.717, 1.165) is 30.0 Å². The monoisotopic (exact) mass is 425 g/mol. The van der Waals surface area contributed by atoms with E-state index < -0.39 is 0 Å². The zero-order valence-corrected chi connectivity index (χ0v) is 17.1. The molecule has 0 spiro atoms. The van der Waals surface area contributed by atoms with Gasteiger partial charge < -0.3 is 15.0 Å². The molecule has 1 aliphatic heterocycles. The predicted octanol–water partition coefficient (Wildman–Crippen LogP) is 3.77. The first-order chi connectivity index (χ1) is 13.1. The molecule has 27 heavy (non-hydrogen) atoms. The van der Waals surface area contributed by atoms with Crippen molar-refractivity contribution in [1.29, 1.82) is 0 Å². The smallest absolute Gasteiger partial charge is 0.230 e. The number of pyridine rings is 1. The number of hydrogen-bond donors (Lipinski definition) is 1. The Morgan fingerprint density at radius 3 is 2.81 bits per heavy atom. The molecule has 1 aliphatic rings. The molecule has 1 aromatic heterocycles. The molecule has 1 saturated heterocycles. The van der Waals surface area contributed by atoms with E-state index in [1.807, 2.05) is 18.2 Å². The summed E-state index contributed by atoms with van der Waals surface area (Å²) in [6, 6.07) is 9.30. The standard InChI is InChI=1S/C19H21Cl2N3O2S/c20-16-4-3-15(17(21)10-16)12-27-13-18(25)23-11-14-2-1-5-22-19(14)24-6-8-26-9-7-24/h1-5,10H,6-9,11-13H2,(H,23,25). The molecule has 1 aromatic carbocycles. The van der Waals surface area contributed by atoms with Crippen LogP contribution in [0.1, 0.15) is 11.1 Å². The Morgan fingerprint density at radius 1 is 1.22 bits per heavy atom. The van der Waals surface area contributed by atoms with Gasteiger partial charge in [0.2, 0.25) is 5.91 Å². The molecule has 8 heteroatoms. The van der Waals surface area contributed by atoms with Gasteiger partial charge in [-0.2, -0.15) is 0 Å². The second-order valence-corrected chi connectivity index (χ2v) is 7.92. The summed E-state index contributed by atoms with van der Waals surface area (Å²) >= 11 is 13.6. The lowest BCUT2D eigenvalue weighted by atomic mass is 10.2. The minimum Gasteiger partial charge on any atom is -0.378 e. The number of hydrogen-bond acceptors (Lipinski definition) is 5. The van der Waals surface area contributed by atoms with Gasteiger partial charge in [-0.05, 0) is 23.8 Å². The Hall–Kier alpha value is -1.47. The van der Waals surface area contributed by atoms with Gasteiger partial charge in [-0.1, -0.05) is 35.3 Å². The largest absolute Gasteiger partial charge is 0.378 e. The van der Waals surface area contributed by atoms with Crippen LogP contribution in [0, 0.1) is 0 Å². The van der Waals surface area contributed by atoms with Gasteiger partial charge >= 0.3 is 0 Å². The summed E-state index contributed by atoms with van der Waals surface area (Å²) in [7, 11) is 0.